The molecule has 8 heavy (non-hydrogen) atoms. The molecule has 1 aliphatic rings. The van der Waals surface area contributed by atoms with Crippen molar-refractivity contribution in [1.29, 1.82) is 0 Å². The lowest BCUT2D eigenvalue weighted by Gasteiger charge is -2.12. The minimum Gasteiger partial charge on any atom is -0.0781 e. The number of allylic oxidation sites excluding steroid dienone is 2. The molecular weight excluding hydrogens is 326 g/mol. The summed E-state index contributed by atoms with van der Waals surface area (Å²) < 4.78 is 1.61. The summed E-state index contributed by atoms with van der Waals surface area (Å²) in [4.78, 5) is 0. The van der Waals surface area contributed by atoms with E-state index >= 15 is 0 Å². The molecule has 0 nitrogen and oxygen atoms in total. The Morgan fingerprint density at radius 2 is 1.38 bits per heavy atom. The fourth-order valence-electron chi connectivity index (χ4n) is 0.752. The van der Waals surface area contributed by atoms with Gasteiger partial charge in [0, 0.05) is 7.85 Å². The predicted molar refractivity (Wildman–Crippen MR) is 54.0 cm³/mol. The molecule has 0 aromatic rings. The molecule has 0 spiro atoms. The summed E-state index contributed by atoms with van der Waals surface area (Å²) in [6.45, 7) is 0. The first-order valence-electron chi connectivity index (χ1n) is 2.75. The molecule has 0 amide bonds. The van der Waals surface area contributed by atoms with E-state index in [1.807, 2.05) is 0 Å². The van der Waals surface area contributed by atoms with Gasteiger partial charge in [0.05, 0.1) is 0 Å². The first-order valence-corrected chi connectivity index (χ1v) is 5.24. The topological polar surface area (TPSA) is 0 Å². The monoisotopic (exact) mass is 334 g/mol. The van der Waals surface area contributed by atoms with E-state index in [-0.39, 0.29) is 0 Å². The van der Waals surface area contributed by atoms with Crippen molar-refractivity contribution in [1.82, 2.24) is 0 Å². The van der Waals surface area contributed by atoms with Crippen molar-refractivity contribution in [2.75, 3.05) is 0 Å². The molecule has 0 aromatic heterocycles. The molecule has 1 unspecified atom stereocenters. The lowest BCUT2D eigenvalue weighted by atomic mass is 10.1. The van der Waals surface area contributed by atoms with Crippen LogP contribution < -0.4 is 0 Å². The van der Waals surface area contributed by atoms with Crippen molar-refractivity contribution in [3.05, 3.63) is 12.2 Å². The second kappa shape index (κ2) is 3.39. The van der Waals surface area contributed by atoms with Crippen molar-refractivity contribution >= 4 is 45.2 Å². The van der Waals surface area contributed by atoms with Crippen molar-refractivity contribution < 1.29 is 0 Å². The maximum Gasteiger partial charge on any atom is 0.0290 e. The average Bonchev–Trinajstić information content (AvgIpc) is 1.77. The molecule has 0 saturated carbocycles. The van der Waals surface area contributed by atoms with Gasteiger partial charge in [0.1, 0.15) is 0 Å². The summed E-state index contributed by atoms with van der Waals surface area (Å²) >= 11 is 4.95. The zero-order valence-corrected chi connectivity index (χ0v) is 8.79. The van der Waals surface area contributed by atoms with Crippen molar-refractivity contribution in [3.63, 3.8) is 0 Å². The highest BCUT2D eigenvalue weighted by Gasteiger charge is 2.08. The van der Waals surface area contributed by atoms with E-state index < -0.39 is 0 Å². The Hall–Kier alpha value is 1.20. The van der Waals surface area contributed by atoms with Gasteiger partial charge in [-0.25, -0.2) is 0 Å². The van der Waals surface area contributed by atoms with Crippen LogP contribution in [0.2, 0.25) is 0 Å². The zero-order chi connectivity index (χ0) is 5.98. The van der Waals surface area contributed by atoms with Crippen molar-refractivity contribution in [2.24, 2.45) is 0 Å². The number of halogens is 2. The number of alkyl halides is 2. The Bertz CT molecular complexity index is 86.7. The molecule has 0 aliphatic heterocycles. The molecular formula is C6H8I2. The standard InChI is InChI=1S/C6H8I2/c7-5-1-2-6(8)4-3-5/h1-2,5-6H,3-4H2/t5-,6?/m0/s1. The highest BCUT2D eigenvalue weighted by Crippen LogP contribution is 2.22. The molecule has 0 saturated heterocycles. The van der Waals surface area contributed by atoms with Gasteiger partial charge in [0.25, 0.3) is 0 Å². The van der Waals surface area contributed by atoms with Gasteiger partial charge in [-0.2, -0.15) is 0 Å². The summed E-state index contributed by atoms with van der Waals surface area (Å²) in [5, 5.41) is 0. The maximum absolute atomic E-state index is 2.48. The molecule has 0 fully saturated rings. The highest BCUT2D eigenvalue weighted by atomic mass is 127. The summed E-state index contributed by atoms with van der Waals surface area (Å²) in [6, 6.07) is 0. The quantitative estimate of drug-likeness (QED) is 0.363. The van der Waals surface area contributed by atoms with E-state index in [1.165, 1.54) is 12.8 Å². The molecule has 0 heterocycles. The molecule has 1 aliphatic carbocycles. The van der Waals surface area contributed by atoms with Crippen LogP contribution in [0, 0.1) is 0 Å². The van der Waals surface area contributed by atoms with E-state index in [4.69, 9.17) is 0 Å². The van der Waals surface area contributed by atoms with E-state index in [0.717, 1.165) is 7.85 Å². The molecule has 46 valence electrons. The summed E-state index contributed by atoms with van der Waals surface area (Å²) in [5.74, 6) is 0. The third-order valence-corrected chi connectivity index (χ3v) is 3.32. The van der Waals surface area contributed by atoms with E-state index in [0.29, 0.717) is 0 Å². The Morgan fingerprint density at radius 3 is 1.62 bits per heavy atom. The van der Waals surface area contributed by atoms with Crippen LogP contribution >= 0.6 is 45.2 Å². The molecule has 0 bridgehead atoms. The van der Waals surface area contributed by atoms with Gasteiger partial charge >= 0.3 is 0 Å². The largest absolute Gasteiger partial charge is 0.0781 e. The molecule has 0 radical (unpaired) electrons. The molecule has 2 atom stereocenters. The molecule has 1 rings (SSSR count). The van der Waals surface area contributed by atoms with Crippen LogP contribution in [0.3, 0.4) is 0 Å². The predicted octanol–water partition coefficient (Wildman–Crippen LogP) is 2.94. The molecule has 0 N–H and O–H groups in total. The van der Waals surface area contributed by atoms with Gasteiger partial charge in [-0.1, -0.05) is 57.3 Å². The second-order valence-electron chi connectivity index (χ2n) is 1.99. The van der Waals surface area contributed by atoms with Crippen molar-refractivity contribution in [2.45, 2.75) is 20.7 Å². The Kier molecular flexibility index (Phi) is 3.10. The van der Waals surface area contributed by atoms with Crippen LogP contribution in [0.25, 0.3) is 0 Å². The minimum atomic E-state index is 0.804. The van der Waals surface area contributed by atoms with Gasteiger partial charge in [-0.3, -0.25) is 0 Å². The lowest BCUT2D eigenvalue weighted by molar-refractivity contribution is 0.781. The van der Waals surface area contributed by atoms with Crippen LogP contribution in [0.15, 0.2) is 12.2 Å². The third kappa shape index (κ3) is 2.21. The lowest BCUT2D eigenvalue weighted by Crippen LogP contribution is -2.05. The van der Waals surface area contributed by atoms with Gasteiger partial charge in [0.2, 0.25) is 0 Å². The average molecular weight is 334 g/mol. The molecule has 2 heteroatoms. The fraction of sp³-hybridized carbons (Fsp3) is 0.667. The number of hydrogen-bond donors (Lipinski definition) is 0. The smallest absolute Gasteiger partial charge is 0.0290 e. The first kappa shape index (κ1) is 7.31. The Morgan fingerprint density at radius 1 is 1.00 bits per heavy atom. The van der Waals surface area contributed by atoms with Crippen LogP contribution in [-0.4, -0.2) is 7.85 Å². The molecule has 0 aromatic carbocycles. The van der Waals surface area contributed by atoms with Gasteiger partial charge in [-0.05, 0) is 12.8 Å². The SMILES string of the molecule is IC1C=C[C@H](I)CC1. The van der Waals surface area contributed by atoms with Crippen LogP contribution in [0.5, 0.6) is 0 Å². The number of rotatable bonds is 0. The van der Waals surface area contributed by atoms with Crippen LogP contribution in [-0.2, 0) is 0 Å². The van der Waals surface area contributed by atoms with E-state index in [1.54, 1.807) is 0 Å². The summed E-state index contributed by atoms with van der Waals surface area (Å²) in [5.41, 5.74) is 0. The Labute approximate surface area is 77.4 Å². The third-order valence-electron chi connectivity index (χ3n) is 1.25. The number of hydrogen-bond acceptors (Lipinski definition) is 0. The first-order chi connectivity index (χ1) is 3.79. The maximum atomic E-state index is 2.48. The summed E-state index contributed by atoms with van der Waals surface area (Å²) in [6.07, 6.45) is 7.34. The minimum absolute atomic E-state index is 0.804. The van der Waals surface area contributed by atoms with Gasteiger partial charge in [0.15, 0.2) is 0 Å². The normalized spacial score (nSPS) is 37.8. The highest BCUT2D eigenvalue weighted by molar-refractivity contribution is 14.1. The Balaban J connectivity index is 2.42. The zero-order valence-electron chi connectivity index (χ0n) is 4.48. The fourth-order valence-corrected chi connectivity index (χ4v) is 1.95. The van der Waals surface area contributed by atoms with Gasteiger partial charge in [-0.15, -0.1) is 0 Å². The van der Waals surface area contributed by atoms with E-state index in [2.05, 4.69) is 57.3 Å². The van der Waals surface area contributed by atoms with E-state index in [9.17, 15) is 0 Å². The van der Waals surface area contributed by atoms with Crippen LogP contribution in [0.4, 0.5) is 0 Å². The second-order valence-corrected chi connectivity index (χ2v) is 5.19. The van der Waals surface area contributed by atoms with Gasteiger partial charge < -0.3 is 0 Å². The van der Waals surface area contributed by atoms with Crippen LogP contribution in [0.1, 0.15) is 12.8 Å². The van der Waals surface area contributed by atoms with Crippen molar-refractivity contribution in [3.8, 4) is 0 Å². The summed E-state index contributed by atoms with van der Waals surface area (Å²) in [7, 11) is 0.